The second kappa shape index (κ2) is 41.1. The Bertz CT molecular complexity index is 3530. The number of carbonyl (C=O) groups is 14. The monoisotopic (exact) mass is 1480 g/mol. The first kappa shape index (κ1) is 83.4. The topological polar surface area (TPSA) is 386 Å². The molecule has 12 amide bonds. The van der Waals surface area contributed by atoms with Crippen molar-refractivity contribution in [1.82, 2.24) is 62.0 Å². The van der Waals surface area contributed by atoms with Crippen LogP contribution in [0.2, 0.25) is 0 Å². The lowest BCUT2D eigenvalue weighted by Gasteiger charge is -2.43. The van der Waals surface area contributed by atoms with Gasteiger partial charge >= 0.3 is 11.9 Å². The molecule has 3 aromatic carbocycles. The highest BCUT2D eigenvalue weighted by Gasteiger charge is 2.49. The van der Waals surface area contributed by atoms with Gasteiger partial charge in [0.05, 0.1) is 38.6 Å². The largest absolute Gasteiger partial charge is 0.469 e. The van der Waals surface area contributed by atoms with Gasteiger partial charge in [-0.15, -0.1) is 0 Å². The summed E-state index contributed by atoms with van der Waals surface area (Å²) in [5.41, 5.74) is 1.20. The van der Waals surface area contributed by atoms with Gasteiger partial charge < -0.3 is 60.3 Å². The van der Waals surface area contributed by atoms with Crippen LogP contribution in [-0.4, -0.2) is 241 Å². The normalized spacial score (nSPS) is 21.1. The van der Waals surface area contributed by atoms with Crippen LogP contribution in [0.1, 0.15) is 169 Å². The minimum absolute atomic E-state index is 0.00533. The van der Waals surface area contributed by atoms with E-state index >= 15 is 0 Å². The van der Waals surface area contributed by atoms with Gasteiger partial charge in [-0.05, 0) is 127 Å². The lowest BCUT2D eigenvalue weighted by molar-refractivity contribution is -0.179. The highest BCUT2D eigenvalue weighted by Crippen LogP contribution is 2.30. The number of methoxy groups -OCH3 is 3. The SMILES string of the molecule is CCOC(=O)C[C@H](NC(=O)[C@@H]1CCCN2C(=O)CC[C@H](NC(=O)c3ccccc3)C(=O)N12)C(OCC)OCC.CC[C@H](NC(=O)[C@@H]1CCCN2C(=O)CC[C@H](NC(=O)c3ccccc3)C(=O)N12)C(C)C.COC(=O)C[C@H](NC(=O)[C@@H]1CCCN2C(=O)CC[C@H](NC(=O)c3ccccc3)C(=O)N12)C(OC)OC. The van der Waals surface area contributed by atoms with Crippen LogP contribution in [0.15, 0.2) is 91.0 Å². The number of rotatable bonds is 27. The van der Waals surface area contributed by atoms with Crippen molar-refractivity contribution >= 4 is 82.8 Å². The Labute approximate surface area is 617 Å². The maximum Gasteiger partial charge on any atom is 0.308 e. The Kier molecular flexibility index (Phi) is 32.3. The van der Waals surface area contributed by atoms with Crippen molar-refractivity contribution in [2.45, 2.75) is 205 Å². The van der Waals surface area contributed by atoms with Gasteiger partial charge in [-0.25, -0.2) is 15.0 Å². The molecule has 106 heavy (non-hydrogen) atoms. The van der Waals surface area contributed by atoms with Gasteiger partial charge in [-0.2, -0.15) is 0 Å². The van der Waals surface area contributed by atoms with Gasteiger partial charge in [0, 0.05) is 89.1 Å². The number of nitrogens with one attached hydrogen (secondary N) is 6. The molecule has 0 aliphatic carbocycles. The van der Waals surface area contributed by atoms with Crippen LogP contribution in [0.3, 0.4) is 0 Å². The van der Waals surface area contributed by atoms with E-state index in [1.807, 2.05) is 26.8 Å². The van der Waals surface area contributed by atoms with Crippen LogP contribution in [0.5, 0.6) is 0 Å². The maximum atomic E-state index is 13.7. The van der Waals surface area contributed by atoms with E-state index in [0.29, 0.717) is 55.3 Å². The van der Waals surface area contributed by atoms with Gasteiger partial charge in [0.25, 0.3) is 35.4 Å². The van der Waals surface area contributed by atoms with Crippen molar-refractivity contribution in [3.05, 3.63) is 108 Å². The molecule has 9 atom stereocenters. The van der Waals surface area contributed by atoms with E-state index < -0.39 is 114 Å². The summed E-state index contributed by atoms with van der Waals surface area (Å²) < 4.78 is 31.5. The van der Waals surface area contributed by atoms with Gasteiger partial charge in [0.1, 0.15) is 36.3 Å². The lowest BCUT2D eigenvalue weighted by atomic mass is 10.00. The van der Waals surface area contributed by atoms with Crippen molar-refractivity contribution in [2.75, 3.05) is 60.8 Å². The molecule has 6 aliphatic heterocycles. The zero-order chi connectivity index (χ0) is 77.1. The minimum Gasteiger partial charge on any atom is -0.469 e. The van der Waals surface area contributed by atoms with E-state index in [9.17, 15) is 67.1 Å². The molecule has 9 rings (SSSR count). The number of ether oxygens (including phenoxy) is 6. The minimum atomic E-state index is -1.03. The summed E-state index contributed by atoms with van der Waals surface area (Å²) in [7, 11) is 3.95. The predicted molar refractivity (Wildman–Crippen MR) is 379 cm³/mol. The zero-order valence-electron chi connectivity index (χ0n) is 61.8. The molecular formula is C74H102N12O20. The Morgan fingerprint density at radius 1 is 0.425 bits per heavy atom. The summed E-state index contributed by atoms with van der Waals surface area (Å²) in [5.74, 6) is -5.84. The lowest BCUT2D eigenvalue weighted by Crippen LogP contribution is -2.65. The molecule has 6 N–H and O–H groups in total. The molecule has 0 radical (unpaired) electrons. The van der Waals surface area contributed by atoms with Crippen LogP contribution in [0, 0.1) is 5.92 Å². The first-order valence-electron chi connectivity index (χ1n) is 36.3. The number of hydrogen-bond acceptors (Lipinski definition) is 20. The first-order valence-corrected chi connectivity index (χ1v) is 36.3. The molecule has 0 spiro atoms. The van der Waals surface area contributed by atoms with Crippen LogP contribution in [-0.2, 0) is 81.2 Å². The highest BCUT2D eigenvalue weighted by atomic mass is 16.7. The predicted octanol–water partition coefficient (Wildman–Crippen LogP) is 2.99. The van der Waals surface area contributed by atoms with Crippen LogP contribution in [0.25, 0.3) is 0 Å². The number of nitrogens with zero attached hydrogens (tertiary/aromatic N) is 6. The van der Waals surface area contributed by atoms with Crippen molar-refractivity contribution in [3.8, 4) is 0 Å². The smallest absolute Gasteiger partial charge is 0.308 e. The van der Waals surface area contributed by atoms with E-state index in [0.717, 1.165) is 11.4 Å². The van der Waals surface area contributed by atoms with E-state index in [4.69, 9.17) is 28.4 Å². The third kappa shape index (κ3) is 22.1. The number of carbonyl (C=O) groups excluding carboxylic acids is 14. The Hall–Kier alpha value is -9.92. The number of benzene rings is 3. The summed E-state index contributed by atoms with van der Waals surface area (Å²) in [4.78, 5) is 182. The van der Waals surface area contributed by atoms with Gasteiger partial charge in [0.2, 0.25) is 35.4 Å². The fourth-order valence-corrected chi connectivity index (χ4v) is 13.4. The number of fused-ring (bicyclic) bond motifs is 3. The Morgan fingerprint density at radius 2 is 0.745 bits per heavy atom. The summed E-state index contributed by atoms with van der Waals surface area (Å²) in [6, 6.07) is 18.1. The molecule has 0 saturated carbocycles. The van der Waals surface area contributed by atoms with Crippen molar-refractivity contribution in [1.29, 1.82) is 0 Å². The average Bonchev–Trinajstić information content (AvgIpc) is 1.50. The van der Waals surface area contributed by atoms with E-state index in [-0.39, 0.29) is 132 Å². The van der Waals surface area contributed by atoms with Crippen LogP contribution >= 0.6 is 0 Å². The molecule has 32 heteroatoms. The van der Waals surface area contributed by atoms with E-state index in [1.165, 1.54) is 46.4 Å². The number of amides is 12. The van der Waals surface area contributed by atoms with E-state index in [1.54, 1.807) is 106 Å². The molecule has 0 bridgehead atoms. The van der Waals surface area contributed by atoms with Crippen molar-refractivity contribution in [3.63, 3.8) is 0 Å². The molecule has 0 aromatic heterocycles. The molecule has 3 aromatic rings. The first-order chi connectivity index (χ1) is 50.9. The quantitative estimate of drug-likeness (QED) is 0.0472. The molecule has 6 aliphatic rings. The summed E-state index contributed by atoms with van der Waals surface area (Å²) in [6.07, 6.45) is 1.82. The summed E-state index contributed by atoms with van der Waals surface area (Å²) in [5, 5.41) is 24.4. The average molecular weight is 1480 g/mol. The zero-order valence-corrected chi connectivity index (χ0v) is 61.8. The standard InChI is InChI=1S/C27H38N4O8.C24H32N4O8.C23H32N4O4/c1-4-37-23(33)17-20(27(38-5-2)39-6-3)29-25(35)21-13-10-16-30-22(32)15-14-19(26(36)31(21)30)28-24(34)18-11-8-7-9-12-18;1-34-20(30)14-17(24(35-2)36-3)26-22(32)18-10-7-13-27-19(29)12-11-16(23(33)28(18)27)25-21(31)15-8-5-4-6-9-15;1-4-17(15(2)3)24-22(30)19-11-8-14-26-20(28)13-12-18(23(31)27(19)26)25-21(29)16-9-6-5-7-10-16/h7-9,11-12,19-21,27H,4-6,10,13-17H2,1-3H3,(H,28,34)(H,29,35);4-6,8-9,16-18,24H,7,10-14H2,1-3H3,(H,25,31)(H,26,32);5-7,9-10,15,17-19H,4,8,11-14H2,1-3H3,(H,24,30)(H,25,29)/t19-,20-,21-;16-,17-,18-;17-,18-,19-/m000/s1. The fourth-order valence-electron chi connectivity index (χ4n) is 13.4. The Balaban J connectivity index is 0.000000223. The molecule has 32 nitrogen and oxygen atoms in total. The third-order valence-corrected chi connectivity index (χ3v) is 18.8. The number of hydrazine groups is 3. The second-order valence-electron chi connectivity index (χ2n) is 26.3. The fraction of sp³-hybridized carbons (Fsp3) is 0.568. The third-order valence-electron chi connectivity index (χ3n) is 18.8. The maximum absolute atomic E-state index is 13.7. The molecule has 0 unspecified atom stereocenters. The van der Waals surface area contributed by atoms with E-state index in [2.05, 4.69) is 31.9 Å². The number of hydrogen-bond donors (Lipinski definition) is 6. The highest BCUT2D eigenvalue weighted by molar-refractivity contribution is 6.02. The van der Waals surface area contributed by atoms with Gasteiger partial charge in [-0.1, -0.05) is 75.4 Å². The molecule has 578 valence electrons. The molecule has 6 heterocycles. The molecular weight excluding hydrogens is 1380 g/mol. The summed E-state index contributed by atoms with van der Waals surface area (Å²) in [6.45, 7) is 13.0. The van der Waals surface area contributed by atoms with Crippen LogP contribution in [0.4, 0.5) is 0 Å². The number of esters is 2. The second-order valence-corrected chi connectivity index (χ2v) is 26.3. The molecule has 6 fully saturated rings. The van der Waals surface area contributed by atoms with Gasteiger partial charge in [-0.3, -0.25) is 82.2 Å². The molecule has 6 saturated heterocycles. The van der Waals surface area contributed by atoms with Gasteiger partial charge in [0.15, 0.2) is 12.6 Å². The Morgan fingerprint density at radius 3 is 1.04 bits per heavy atom. The van der Waals surface area contributed by atoms with Crippen molar-refractivity contribution in [2.24, 2.45) is 5.92 Å². The summed E-state index contributed by atoms with van der Waals surface area (Å²) >= 11 is 0. The van der Waals surface area contributed by atoms with Crippen molar-refractivity contribution < 1.29 is 95.5 Å². The van der Waals surface area contributed by atoms with Crippen LogP contribution < -0.4 is 31.9 Å².